The molecule has 6 heteroatoms. The van der Waals surface area contributed by atoms with Gasteiger partial charge in [0.05, 0.1) is 36.9 Å². The third-order valence-corrected chi connectivity index (χ3v) is 4.85. The van der Waals surface area contributed by atoms with Gasteiger partial charge < -0.3 is 14.2 Å². The zero-order chi connectivity index (χ0) is 21.5. The van der Waals surface area contributed by atoms with Crippen molar-refractivity contribution in [2.75, 3.05) is 20.8 Å². The molecule has 156 valence electrons. The normalized spacial score (nSPS) is 10.5. The van der Waals surface area contributed by atoms with E-state index >= 15 is 0 Å². The Hall–Kier alpha value is -3.54. The summed E-state index contributed by atoms with van der Waals surface area (Å²) in [6.45, 7) is 2.61. The Balaban J connectivity index is 2.21. The molecule has 0 unspecified atom stereocenters. The maximum absolute atomic E-state index is 12.2. The molecule has 6 nitrogen and oxygen atoms in total. The van der Waals surface area contributed by atoms with Crippen LogP contribution in [0.1, 0.15) is 19.8 Å². The number of benzene rings is 3. The Morgan fingerprint density at radius 3 is 2.13 bits per heavy atom. The highest BCUT2D eigenvalue weighted by atomic mass is 16.6. The number of hydrogen-bond donors (Lipinski definition) is 0. The molecule has 0 aliphatic rings. The molecular formula is C24H25NO5. The van der Waals surface area contributed by atoms with E-state index in [1.807, 2.05) is 24.3 Å². The molecule has 3 aromatic rings. The lowest BCUT2D eigenvalue weighted by molar-refractivity contribution is -0.383. The van der Waals surface area contributed by atoms with Gasteiger partial charge in [-0.15, -0.1) is 0 Å². The van der Waals surface area contributed by atoms with E-state index in [9.17, 15) is 10.1 Å². The lowest BCUT2D eigenvalue weighted by Crippen LogP contribution is -2.01. The summed E-state index contributed by atoms with van der Waals surface area (Å²) in [4.78, 5) is 11.8. The second kappa shape index (κ2) is 9.78. The van der Waals surface area contributed by atoms with Gasteiger partial charge in [0.2, 0.25) is 0 Å². The summed E-state index contributed by atoms with van der Waals surface area (Å²) in [7, 11) is 3.13. The van der Waals surface area contributed by atoms with E-state index in [1.165, 1.54) is 0 Å². The first kappa shape index (κ1) is 21.2. The summed E-state index contributed by atoms with van der Waals surface area (Å²) >= 11 is 0. The predicted octanol–water partition coefficient (Wildman–Crippen LogP) is 6.12. The Morgan fingerprint density at radius 2 is 1.50 bits per heavy atom. The quantitative estimate of drug-likeness (QED) is 0.243. The lowest BCUT2D eigenvalue weighted by atomic mass is 9.95. The van der Waals surface area contributed by atoms with E-state index in [1.54, 1.807) is 50.6 Å². The minimum absolute atomic E-state index is 0.00695. The Labute approximate surface area is 176 Å². The first-order valence-electron chi connectivity index (χ1n) is 9.82. The minimum Gasteiger partial charge on any atom is -0.497 e. The van der Waals surface area contributed by atoms with Crippen molar-refractivity contribution in [3.63, 3.8) is 0 Å². The third kappa shape index (κ3) is 4.38. The van der Waals surface area contributed by atoms with E-state index < -0.39 is 0 Å². The highest BCUT2D eigenvalue weighted by molar-refractivity contribution is 5.89. The fourth-order valence-corrected chi connectivity index (χ4v) is 3.34. The molecule has 3 rings (SSSR count). The Kier molecular flexibility index (Phi) is 6.91. The molecule has 0 aromatic heterocycles. The summed E-state index contributed by atoms with van der Waals surface area (Å²) in [6, 6.07) is 17.9. The molecule has 0 heterocycles. The van der Waals surface area contributed by atoms with Crippen molar-refractivity contribution in [3.05, 3.63) is 70.8 Å². The van der Waals surface area contributed by atoms with Gasteiger partial charge in [0, 0.05) is 17.2 Å². The lowest BCUT2D eigenvalue weighted by Gasteiger charge is -2.15. The summed E-state index contributed by atoms with van der Waals surface area (Å²) in [6.07, 6.45) is 1.88. The van der Waals surface area contributed by atoms with E-state index in [2.05, 4.69) is 6.92 Å². The van der Waals surface area contributed by atoms with Crippen LogP contribution in [0.2, 0.25) is 0 Å². The molecule has 0 fully saturated rings. The average molecular weight is 407 g/mol. The highest BCUT2D eigenvalue weighted by Gasteiger charge is 2.25. The van der Waals surface area contributed by atoms with Crippen molar-refractivity contribution in [1.82, 2.24) is 0 Å². The molecule has 30 heavy (non-hydrogen) atoms. The molecule has 0 N–H and O–H groups in total. The first-order valence-corrected chi connectivity index (χ1v) is 9.82. The molecule has 0 radical (unpaired) electrons. The van der Waals surface area contributed by atoms with Crippen LogP contribution in [0.4, 0.5) is 5.69 Å². The van der Waals surface area contributed by atoms with E-state index in [4.69, 9.17) is 14.2 Å². The van der Waals surface area contributed by atoms with Gasteiger partial charge in [0.15, 0.2) is 0 Å². The van der Waals surface area contributed by atoms with Gasteiger partial charge in [-0.1, -0.05) is 37.6 Å². The van der Waals surface area contributed by atoms with Crippen LogP contribution in [0.3, 0.4) is 0 Å². The molecule has 0 saturated heterocycles. The van der Waals surface area contributed by atoms with Crippen LogP contribution in [0.25, 0.3) is 22.3 Å². The fraction of sp³-hybridized carbons (Fsp3) is 0.250. The Bertz CT molecular complexity index is 1030. The first-order chi connectivity index (χ1) is 14.6. The van der Waals surface area contributed by atoms with Crippen molar-refractivity contribution in [2.45, 2.75) is 19.8 Å². The number of nitro benzene ring substituents is 1. The molecule has 0 atom stereocenters. The third-order valence-electron chi connectivity index (χ3n) is 4.85. The SMILES string of the molecule is CCCCOc1cc(OC)ccc1-c1cccc(-c2ccccc2OC)c1[N+](=O)[O-]. The second-order valence-corrected chi connectivity index (χ2v) is 6.72. The van der Waals surface area contributed by atoms with Crippen LogP contribution in [0.5, 0.6) is 17.2 Å². The van der Waals surface area contributed by atoms with Crippen LogP contribution < -0.4 is 14.2 Å². The van der Waals surface area contributed by atoms with Crippen molar-refractivity contribution < 1.29 is 19.1 Å². The van der Waals surface area contributed by atoms with Crippen LogP contribution in [-0.2, 0) is 0 Å². The van der Waals surface area contributed by atoms with Crippen molar-refractivity contribution >= 4 is 5.69 Å². The van der Waals surface area contributed by atoms with Gasteiger partial charge >= 0.3 is 0 Å². The van der Waals surface area contributed by atoms with E-state index in [0.717, 1.165) is 12.8 Å². The topological polar surface area (TPSA) is 70.8 Å². The maximum atomic E-state index is 12.2. The van der Waals surface area contributed by atoms with Gasteiger partial charge in [-0.2, -0.15) is 0 Å². The number of ether oxygens (including phenoxy) is 3. The average Bonchev–Trinajstić information content (AvgIpc) is 2.78. The molecule has 0 bridgehead atoms. The van der Waals surface area contributed by atoms with Gasteiger partial charge in [-0.3, -0.25) is 10.1 Å². The van der Waals surface area contributed by atoms with Crippen molar-refractivity contribution in [2.24, 2.45) is 0 Å². The largest absolute Gasteiger partial charge is 0.497 e. The monoisotopic (exact) mass is 407 g/mol. The smallest absolute Gasteiger partial charge is 0.285 e. The zero-order valence-corrected chi connectivity index (χ0v) is 17.4. The van der Waals surface area contributed by atoms with Crippen LogP contribution in [0.15, 0.2) is 60.7 Å². The predicted molar refractivity (Wildman–Crippen MR) is 117 cm³/mol. The minimum atomic E-state index is -0.350. The summed E-state index contributed by atoms with van der Waals surface area (Å²) in [5.41, 5.74) is 2.29. The fourth-order valence-electron chi connectivity index (χ4n) is 3.34. The van der Waals surface area contributed by atoms with Crippen molar-refractivity contribution in [3.8, 4) is 39.5 Å². The molecule has 0 amide bonds. The molecular weight excluding hydrogens is 382 g/mol. The number of unbranched alkanes of at least 4 members (excludes halogenated alkanes) is 1. The van der Waals surface area contributed by atoms with Crippen LogP contribution >= 0.6 is 0 Å². The zero-order valence-electron chi connectivity index (χ0n) is 17.4. The number of rotatable bonds is 9. The molecule has 3 aromatic carbocycles. The number of nitrogens with zero attached hydrogens (tertiary/aromatic N) is 1. The summed E-state index contributed by atoms with van der Waals surface area (Å²) in [5.74, 6) is 1.77. The molecule has 0 saturated carbocycles. The van der Waals surface area contributed by atoms with Gasteiger partial charge in [0.25, 0.3) is 5.69 Å². The number of nitro groups is 1. The number of methoxy groups -OCH3 is 2. The van der Waals surface area contributed by atoms with Crippen LogP contribution in [-0.4, -0.2) is 25.7 Å². The number of para-hydroxylation sites is 2. The highest BCUT2D eigenvalue weighted by Crippen LogP contribution is 2.44. The summed E-state index contributed by atoms with van der Waals surface area (Å²) in [5, 5.41) is 12.2. The standard InChI is InChI=1S/C24H25NO5/c1-4-5-15-30-23-16-17(28-2)13-14-19(23)21-11-8-10-20(24(21)25(26)27)18-9-6-7-12-22(18)29-3/h6-14,16H,4-5,15H2,1-3H3. The second-order valence-electron chi connectivity index (χ2n) is 6.72. The van der Waals surface area contributed by atoms with Gasteiger partial charge in [-0.05, 0) is 36.8 Å². The van der Waals surface area contributed by atoms with Crippen LogP contribution in [0, 0.1) is 10.1 Å². The Morgan fingerprint density at radius 1 is 0.833 bits per heavy atom. The van der Waals surface area contributed by atoms with E-state index in [-0.39, 0.29) is 10.6 Å². The van der Waals surface area contributed by atoms with Gasteiger partial charge in [-0.25, -0.2) is 0 Å². The maximum Gasteiger partial charge on any atom is 0.285 e. The molecule has 0 spiro atoms. The van der Waals surface area contributed by atoms with E-state index in [0.29, 0.717) is 46.1 Å². The molecule has 0 aliphatic heterocycles. The van der Waals surface area contributed by atoms with Gasteiger partial charge in [0.1, 0.15) is 17.2 Å². The summed E-state index contributed by atoms with van der Waals surface area (Å²) < 4.78 is 16.7. The number of hydrogen-bond acceptors (Lipinski definition) is 5. The molecule has 0 aliphatic carbocycles. The van der Waals surface area contributed by atoms with Crippen molar-refractivity contribution in [1.29, 1.82) is 0 Å².